The summed E-state index contributed by atoms with van der Waals surface area (Å²) in [7, 11) is 2.02. The maximum Gasteiger partial charge on any atom is 0.239 e. The van der Waals surface area contributed by atoms with Gasteiger partial charge in [0.15, 0.2) is 17.0 Å². The van der Waals surface area contributed by atoms with Crippen molar-refractivity contribution in [3.05, 3.63) is 66.0 Å². The number of pyridine rings is 1. The molecule has 184 valence electrons. The number of morpholine rings is 1. The molecule has 0 bridgehead atoms. The van der Waals surface area contributed by atoms with Crippen molar-refractivity contribution < 1.29 is 4.74 Å². The highest BCUT2D eigenvalue weighted by Crippen LogP contribution is 2.28. The fraction of sp³-hybridized carbons (Fsp3) is 0.346. The van der Waals surface area contributed by atoms with Gasteiger partial charge in [0.25, 0.3) is 0 Å². The fourth-order valence-corrected chi connectivity index (χ4v) is 4.70. The predicted molar refractivity (Wildman–Crippen MR) is 138 cm³/mol. The van der Waals surface area contributed by atoms with Crippen LogP contribution >= 0.6 is 0 Å². The van der Waals surface area contributed by atoms with Crippen LogP contribution in [-0.4, -0.2) is 66.9 Å². The number of para-hydroxylation sites is 2. The van der Waals surface area contributed by atoms with Crippen LogP contribution in [0.15, 0.2) is 48.7 Å². The maximum absolute atomic E-state index is 5.60. The van der Waals surface area contributed by atoms with E-state index >= 15 is 0 Å². The van der Waals surface area contributed by atoms with Crippen molar-refractivity contribution in [3.8, 4) is 5.95 Å². The molecule has 5 aromatic rings. The topological polar surface area (TPSA) is 98.8 Å². The van der Waals surface area contributed by atoms with E-state index < -0.39 is 0 Å². The Morgan fingerprint density at radius 3 is 2.64 bits per heavy atom. The van der Waals surface area contributed by atoms with E-state index in [4.69, 9.17) is 24.7 Å². The van der Waals surface area contributed by atoms with Crippen molar-refractivity contribution in [2.45, 2.75) is 19.9 Å². The molecule has 0 atom stereocenters. The lowest BCUT2D eigenvalue weighted by Gasteiger charge is -2.28. The molecule has 1 fully saturated rings. The van der Waals surface area contributed by atoms with E-state index in [-0.39, 0.29) is 0 Å². The summed E-state index contributed by atoms with van der Waals surface area (Å²) < 4.78 is 9.69. The lowest BCUT2D eigenvalue weighted by molar-refractivity contribution is 0.122. The Bertz CT molecular complexity index is 1500. The van der Waals surface area contributed by atoms with Gasteiger partial charge >= 0.3 is 0 Å². The second kappa shape index (κ2) is 9.63. The Morgan fingerprint density at radius 1 is 0.972 bits per heavy atom. The van der Waals surface area contributed by atoms with Crippen LogP contribution in [0.4, 0.5) is 5.82 Å². The van der Waals surface area contributed by atoms with Crippen LogP contribution in [-0.2, 0) is 24.8 Å². The van der Waals surface area contributed by atoms with Crippen molar-refractivity contribution in [2.24, 2.45) is 7.05 Å². The molecule has 10 heteroatoms. The van der Waals surface area contributed by atoms with E-state index in [0.717, 1.165) is 71.4 Å². The van der Waals surface area contributed by atoms with Gasteiger partial charge in [-0.25, -0.2) is 9.97 Å². The summed E-state index contributed by atoms with van der Waals surface area (Å²) >= 11 is 0. The summed E-state index contributed by atoms with van der Waals surface area (Å²) in [6.07, 6.45) is 2.69. The number of hydrogen-bond donors (Lipinski definition) is 1. The molecule has 0 radical (unpaired) electrons. The molecule has 0 aliphatic carbocycles. The molecule has 0 saturated carbocycles. The normalized spacial score (nSPS) is 14.2. The Morgan fingerprint density at radius 2 is 1.81 bits per heavy atom. The molecule has 0 spiro atoms. The van der Waals surface area contributed by atoms with Crippen LogP contribution in [0.5, 0.6) is 0 Å². The largest absolute Gasteiger partial charge is 0.378 e. The molecular formula is C26H29N9O. The number of anilines is 1. The van der Waals surface area contributed by atoms with Gasteiger partial charge in [0.1, 0.15) is 11.6 Å². The molecule has 1 N–H and O–H groups in total. The van der Waals surface area contributed by atoms with Crippen molar-refractivity contribution in [1.29, 1.82) is 0 Å². The summed E-state index contributed by atoms with van der Waals surface area (Å²) in [4.78, 5) is 26.4. The molecule has 1 aromatic carbocycles. The average Bonchev–Trinajstić information content (AvgIpc) is 3.42. The van der Waals surface area contributed by atoms with Gasteiger partial charge in [-0.3, -0.25) is 9.55 Å². The third-order valence-corrected chi connectivity index (χ3v) is 6.59. The van der Waals surface area contributed by atoms with E-state index in [9.17, 15) is 0 Å². The molecular weight excluding hydrogens is 454 g/mol. The fourth-order valence-electron chi connectivity index (χ4n) is 4.70. The Kier molecular flexibility index (Phi) is 6.04. The van der Waals surface area contributed by atoms with Crippen LogP contribution < -0.4 is 10.2 Å². The monoisotopic (exact) mass is 483 g/mol. The number of fused-ring (bicyclic) bond motifs is 2. The number of nitrogens with zero attached hydrogens (tertiary/aromatic N) is 8. The van der Waals surface area contributed by atoms with Gasteiger partial charge in [-0.05, 0) is 31.2 Å². The van der Waals surface area contributed by atoms with E-state index in [1.165, 1.54) is 0 Å². The molecule has 36 heavy (non-hydrogen) atoms. The average molecular weight is 484 g/mol. The standard InChI is InChI=1S/C26H29N9O/c1-18-29-20-8-3-4-9-21(20)35(18)26-31-24-23(25(32-26)34-13-15-36-16-14-34)30-22(33(24)2)17-27-12-10-19-7-5-6-11-28-19/h3-9,11,27H,10,12-17H2,1-2H3. The second-order valence-electron chi connectivity index (χ2n) is 8.94. The molecule has 10 nitrogen and oxygen atoms in total. The van der Waals surface area contributed by atoms with Gasteiger partial charge < -0.3 is 19.5 Å². The smallest absolute Gasteiger partial charge is 0.239 e. The van der Waals surface area contributed by atoms with E-state index in [2.05, 4.69) is 25.8 Å². The molecule has 1 saturated heterocycles. The van der Waals surface area contributed by atoms with Crippen molar-refractivity contribution in [3.63, 3.8) is 0 Å². The maximum atomic E-state index is 5.60. The zero-order chi connectivity index (χ0) is 24.5. The number of imidazole rings is 2. The van der Waals surface area contributed by atoms with Gasteiger partial charge in [0, 0.05) is 45.0 Å². The number of ether oxygens (including phenoxy) is 1. The number of aromatic nitrogens is 7. The van der Waals surface area contributed by atoms with Crippen LogP contribution in [0, 0.1) is 6.92 Å². The zero-order valence-corrected chi connectivity index (χ0v) is 20.6. The van der Waals surface area contributed by atoms with Crippen molar-refractivity contribution in [2.75, 3.05) is 37.7 Å². The highest BCUT2D eigenvalue weighted by molar-refractivity contribution is 5.86. The van der Waals surface area contributed by atoms with Crippen molar-refractivity contribution in [1.82, 2.24) is 39.4 Å². The van der Waals surface area contributed by atoms with Gasteiger partial charge in [0.2, 0.25) is 5.95 Å². The van der Waals surface area contributed by atoms with E-state index in [1.807, 2.05) is 61.1 Å². The first-order chi connectivity index (χ1) is 17.7. The minimum atomic E-state index is 0.604. The van der Waals surface area contributed by atoms with Crippen LogP contribution in [0.1, 0.15) is 17.3 Å². The third kappa shape index (κ3) is 4.18. The van der Waals surface area contributed by atoms with Crippen molar-refractivity contribution >= 4 is 28.0 Å². The molecule has 0 unspecified atom stereocenters. The number of hydrogen-bond acceptors (Lipinski definition) is 8. The third-order valence-electron chi connectivity index (χ3n) is 6.59. The molecule has 5 heterocycles. The first kappa shape index (κ1) is 22.6. The highest BCUT2D eigenvalue weighted by Gasteiger charge is 2.23. The molecule has 1 aliphatic heterocycles. The first-order valence-electron chi connectivity index (χ1n) is 12.3. The number of rotatable bonds is 7. The summed E-state index contributed by atoms with van der Waals surface area (Å²) in [5, 5.41) is 3.51. The predicted octanol–water partition coefficient (Wildman–Crippen LogP) is 2.57. The number of benzene rings is 1. The molecule has 1 aliphatic rings. The summed E-state index contributed by atoms with van der Waals surface area (Å²) in [6.45, 7) is 6.30. The minimum absolute atomic E-state index is 0.604. The molecule has 0 amide bonds. The lowest BCUT2D eigenvalue weighted by Crippen LogP contribution is -2.37. The molecule has 4 aromatic heterocycles. The van der Waals surface area contributed by atoms with Crippen LogP contribution in [0.3, 0.4) is 0 Å². The van der Waals surface area contributed by atoms with E-state index in [0.29, 0.717) is 25.7 Å². The first-order valence-corrected chi connectivity index (χ1v) is 12.3. The number of nitrogens with one attached hydrogen (secondary N) is 1. The molecule has 6 rings (SSSR count). The Labute approximate surface area is 209 Å². The number of aryl methyl sites for hydroxylation is 2. The highest BCUT2D eigenvalue weighted by atomic mass is 16.5. The minimum Gasteiger partial charge on any atom is -0.378 e. The SMILES string of the molecule is Cc1nc2ccccc2n1-c1nc(N2CCOCC2)c2nc(CNCCc3ccccn3)n(C)c2n1. The lowest BCUT2D eigenvalue weighted by atomic mass is 10.3. The summed E-state index contributed by atoms with van der Waals surface area (Å²) in [6, 6.07) is 14.1. The second-order valence-corrected chi connectivity index (χ2v) is 8.94. The Balaban J connectivity index is 1.38. The van der Waals surface area contributed by atoms with Gasteiger partial charge in [-0.15, -0.1) is 0 Å². The Hall–Kier alpha value is -3.89. The quantitative estimate of drug-likeness (QED) is 0.353. The van der Waals surface area contributed by atoms with Gasteiger partial charge in [-0.1, -0.05) is 18.2 Å². The zero-order valence-electron chi connectivity index (χ0n) is 20.6. The van der Waals surface area contributed by atoms with Crippen LogP contribution in [0.2, 0.25) is 0 Å². The van der Waals surface area contributed by atoms with Gasteiger partial charge in [-0.2, -0.15) is 9.97 Å². The summed E-state index contributed by atoms with van der Waals surface area (Å²) in [5.41, 5.74) is 4.60. The van der Waals surface area contributed by atoms with E-state index in [1.54, 1.807) is 0 Å². The van der Waals surface area contributed by atoms with Crippen LogP contribution in [0.25, 0.3) is 28.1 Å². The summed E-state index contributed by atoms with van der Waals surface area (Å²) in [5.74, 6) is 3.21. The van der Waals surface area contributed by atoms with Gasteiger partial charge in [0.05, 0.1) is 30.8 Å².